The van der Waals surface area contributed by atoms with E-state index in [9.17, 15) is 43.3 Å². The number of fused-ring (bicyclic) bond motifs is 2. The van der Waals surface area contributed by atoms with Crippen LogP contribution in [0, 0.1) is 74.1 Å². The van der Waals surface area contributed by atoms with Gasteiger partial charge in [-0.05, 0) is 273 Å². The molecule has 2 aliphatic rings. The Hall–Kier alpha value is -15.6. The van der Waals surface area contributed by atoms with Crippen molar-refractivity contribution in [2.75, 3.05) is 34.2 Å². The zero-order valence-electron chi connectivity index (χ0n) is 74.0. The number of esters is 4. The van der Waals surface area contributed by atoms with Crippen molar-refractivity contribution in [2.24, 2.45) is 57.6 Å². The number of nitroso groups, excluding NO2 is 1. The standard InChI is InChI=1S/C32H24N4O4.C18H18N2O4.C16H20N4.C16H18N2O2.C9H9NO3.C9H11NO2/c1-19-11-13-21(17-35-29(37)23-7-3-4-8-24(23)30(35)38)15-27(19)33-34-28-16-22(14-12-20(28)2)18-36-31(39)25-9-5-6-10-26(25)32(36)40;1-11-5-7-13(17(21)23-3)9-15(11)19-20-16-10-14(18(22)24-4)8-6-12(16)2;1-11-3-5-13(9-17)7-15(11)19-20-16-8-14(10-18)6-4-12(16)2;1-11-3-5-13(9-19)7-15(11)17-18-16-8-14(10-20)6-4-12(16)2;1-6-3-4-7(9(11)13-2)5-8(6)10-12;1-6-3-4-7(5-8(6)10)9(11)12-2/h3-16H,17-18H2,1-2H3;5-10H,1-4H3;3-8H,9-10,17-18H2,1-2H3;3-8,19-20H,9-10H2,1-2H3;3-5H,1-2H3;3-5H,10H2,1-2H3. The van der Waals surface area contributed by atoms with Gasteiger partial charge in [-0.15, -0.1) is 4.91 Å². The molecule has 29 heteroatoms. The number of carbonyl (C=O) groups excluding carboxylic acids is 8. The number of ether oxygens (including phenoxy) is 4. The quantitative estimate of drug-likeness (QED) is 0.0111. The molecule has 4 amide bonds. The van der Waals surface area contributed by atoms with Gasteiger partial charge in [-0.2, -0.15) is 40.9 Å². The number of methoxy groups -OCH3 is 4. The predicted molar refractivity (Wildman–Crippen MR) is 493 cm³/mol. The lowest BCUT2D eigenvalue weighted by Gasteiger charge is -2.15. The largest absolute Gasteiger partial charge is 0.465 e. The smallest absolute Gasteiger partial charge is 0.337 e. The van der Waals surface area contributed by atoms with Crippen LogP contribution in [-0.4, -0.2) is 96.0 Å². The van der Waals surface area contributed by atoms with Crippen molar-refractivity contribution in [3.05, 3.63) is 369 Å². The summed E-state index contributed by atoms with van der Waals surface area (Å²) in [7, 11) is 5.28. The summed E-state index contributed by atoms with van der Waals surface area (Å²) in [6, 6.07) is 67.8. The Bertz CT molecular complexity index is 5850. The monoisotopic (exact) mass is 1740 g/mol. The number of imide groups is 2. The Labute approximate surface area is 747 Å². The van der Waals surface area contributed by atoms with E-state index in [-0.39, 0.29) is 61.6 Å². The number of nitrogens with zero attached hydrogens (tertiary/aromatic N) is 11. The Morgan fingerprint density at radius 3 is 0.744 bits per heavy atom. The molecule has 0 saturated heterocycles. The first-order valence-electron chi connectivity index (χ1n) is 40.5. The molecule has 2 aliphatic heterocycles. The summed E-state index contributed by atoms with van der Waals surface area (Å²) in [4.78, 5) is 109. The molecule has 0 radical (unpaired) electrons. The molecule has 0 aliphatic carbocycles. The van der Waals surface area contributed by atoms with Gasteiger partial charge in [0.15, 0.2) is 0 Å². The molecule has 0 saturated carbocycles. The highest BCUT2D eigenvalue weighted by atomic mass is 16.5. The first kappa shape index (κ1) is 97.2. The Balaban J connectivity index is 0.000000184. The van der Waals surface area contributed by atoms with Crippen LogP contribution in [0.25, 0.3) is 0 Å². The molecule has 12 aromatic rings. The van der Waals surface area contributed by atoms with Crippen LogP contribution in [0.3, 0.4) is 0 Å². The van der Waals surface area contributed by atoms with Crippen molar-refractivity contribution in [3.63, 3.8) is 0 Å². The van der Waals surface area contributed by atoms with Gasteiger partial charge >= 0.3 is 23.9 Å². The van der Waals surface area contributed by atoms with Crippen LogP contribution in [-0.2, 0) is 58.3 Å². The molecular weight excluding hydrogens is 1640 g/mol. The van der Waals surface area contributed by atoms with Gasteiger partial charge in [-0.25, -0.2) is 19.2 Å². The van der Waals surface area contributed by atoms with E-state index in [2.05, 4.69) is 55.6 Å². The molecule has 660 valence electrons. The van der Waals surface area contributed by atoms with E-state index < -0.39 is 17.9 Å². The molecule has 12 aromatic carbocycles. The van der Waals surface area contributed by atoms with Gasteiger partial charge < -0.3 is 46.4 Å². The zero-order chi connectivity index (χ0) is 93.7. The zero-order valence-corrected chi connectivity index (χ0v) is 74.0. The summed E-state index contributed by atoms with van der Waals surface area (Å²) in [6.07, 6.45) is 0. The molecular formula is C100H100N14O15. The number of anilines is 1. The number of amides is 4. The van der Waals surface area contributed by atoms with Crippen molar-refractivity contribution in [1.29, 1.82) is 0 Å². The van der Waals surface area contributed by atoms with Crippen molar-refractivity contribution < 1.29 is 67.5 Å². The Morgan fingerprint density at radius 1 is 0.287 bits per heavy atom. The van der Waals surface area contributed by atoms with Crippen LogP contribution in [0.4, 0.5) is 56.9 Å². The maximum absolute atomic E-state index is 12.8. The maximum atomic E-state index is 12.8. The molecule has 129 heavy (non-hydrogen) atoms. The van der Waals surface area contributed by atoms with Crippen LogP contribution in [0.2, 0.25) is 0 Å². The van der Waals surface area contributed by atoms with Crippen molar-refractivity contribution in [3.8, 4) is 0 Å². The molecule has 0 atom stereocenters. The van der Waals surface area contributed by atoms with E-state index in [1.807, 2.05) is 172 Å². The fourth-order valence-electron chi connectivity index (χ4n) is 12.5. The first-order valence-corrected chi connectivity index (χ1v) is 40.5. The topological polar surface area (TPSA) is 427 Å². The van der Waals surface area contributed by atoms with Gasteiger partial charge in [0.2, 0.25) is 0 Å². The third-order valence-electron chi connectivity index (χ3n) is 20.7. The molecule has 2 heterocycles. The van der Waals surface area contributed by atoms with Crippen molar-refractivity contribution in [2.45, 2.75) is 109 Å². The number of rotatable bonds is 21. The highest BCUT2D eigenvalue weighted by Crippen LogP contribution is 2.35. The van der Waals surface area contributed by atoms with Crippen LogP contribution in [0.1, 0.15) is 172 Å². The number of nitrogens with two attached hydrogens (primary N) is 3. The number of hydrogen-bond acceptors (Lipinski definition) is 27. The molecule has 0 fully saturated rings. The summed E-state index contributed by atoms with van der Waals surface area (Å²) < 4.78 is 18.4. The van der Waals surface area contributed by atoms with Gasteiger partial charge in [0.25, 0.3) is 23.6 Å². The first-order chi connectivity index (χ1) is 61.9. The summed E-state index contributed by atoms with van der Waals surface area (Å²) in [5.74, 6) is -2.94. The Kier molecular flexibility index (Phi) is 35.0. The second kappa shape index (κ2) is 46.4. The molecule has 0 bridgehead atoms. The summed E-state index contributed by atoms with van der Waals surface area (Å²) in [5, 5.41) is 55.7. The van der Waals surface area contributed by atoms with Crippen LogP contribution >= 0.6 is 0 Å². The fourth-order valence-corrected chi connectivity index (χ4v) is 12.5. The highest BCUT2D eigenvalue weighted by molar-refractivity contribution is 6.22. The second-order valence-electron chi connectivity index (χ2n) is 29.9. The van der Waals surface area contributed by atoms with Gasteiger partial charge in [0.1, 0.15) is 5.69 Å². The van der Waals surface area contributed by atoms with Crippen molar-refractivity contribution >= 4 is 104 Å². The van der Waals surface area contributed by atoms with E-state index in [1.165, 1.54) is 44.3 Å². The number of azo groups is 4. The normalized spacial score (nSPS) is 11.8. The third kappa shape index (κ3) is 25.8. The number of aliphatic hydroxyl groups excluding tert-OH is 2. The summed E-state index contributed by atoms with van der Waals surface area (Å²) in [5.41, 5.74) is 41.2. The maximum Gasteiger partial charge on any atom is 0.337 e. The molecule has 0 aromatic heterocycles. The molecule has 29 nitrogen and oxygen atoms in total. The lowest BCUT2D eigenvalue weighted by atomic mass is 10.1. The third-order valence-corrected chi connectivity index (χ3v) is 20.7. The number of nitrogen functional groups attached to an aromatic ring is 1. The molecule has 14 rings (SSSR count). The van der Waals surface area contributed by atoms with Crippen molar-refractivity contribution in [1.82, 2.24) is 9.80 Å². The van der Waals surface area contributed by atoms with Gasteiger partial charge in [-0.1, -0.05) is 121 Å². The number of benzene rings is 12. The highest BCUT2D eigenvalue weighted by Gasteiger charge is 2.36. The minimum Gasteiger partial charge on any atom is -0.465 e. The number of aryl methyl sites for hydroxylation is 10. The molecule has 8 N–H and O–H groups in total. The van der Waals surface area contributed by atoms with E-state index in [0.717, 1.165) is 112 Å². The number of carbonyl (C=O) groups is 8. The van der Waals surface area contributed by atoms with Crippen LogP contribution in [0.5, 0.6) is 0 Å². The average molecular weight is 1740 g/mol. The van der Waals surface area contributed by atoms with Crippen LogP contribution < -0.4 is 17.2 Å². The average Bonchev–Trinajstić information content (AvgIpc) is 1.64. The van der Waals surface area contributed by atoms with E-state index in [1.54, 1.807) is 122 Å². The number of aliphatic hydroxyl groups is 2. The van der Waals surface area contributed by atoms with Crippen LogP contribution in [0.15, 0.2) is 277 Å². The summed E-state index contributed by atoms with van der Waals surface area (Å²) in [6.45, 7) is 20.4. The van der Waals surface area contributed by atoms with Gasteiger partial charge in [-0.3, -0.25) is 29.0 Å². The Morgan fingerprint density at radius 2 is 0.496 bits per heavy atom. The van der Waals surface area contributed by atoms with E-state index in [0.29, 0.717) is 86.0 Å². The van der Waals surface area contributed by atoms with E-state index in [4.69, 9.17) is 36.9 Å². The lowest BCUT2D eigenvalue weighted by molar-refractivity contribution is 0.0592. The minimum atomic E-state index is -0.468. The van der Waals surface area contributed by atoms with Gasteiger partial charge in [0.05, 0.1) is 145 Å². The lowest BCUT2D eigenvalue weighted by Crippen LogP contribution is -2.29. The fraction of sp³-hybridized carbons (Fsp3) is 0.200. The molecule has 0 unspecified atom stereocenters. The SMILES string of the molecule is COC(=O)c1ccc(C)c(N)c1.COC(=O)c1ccc(C)c(N=Nc2cc(C(=O)OC)ccc2C)c1.COC(=O)c1ccc(C)c(N=O)c1.Cc1ccc(CN)cc1N=Nc1cc(CN)ccc1C.Cc1ccc(CN2C(=O)c3ccccc3C2=O)cc1N=Nc1cc(CN2C(=O)c3ccccc3C2=O)ccc1C.Cc1ccc(CO)cc1N=Nc1cc(CO)ccc1C. The number of hydrogen-bond donors (Lipinski definition) is 5. The second-order valence-corrected chi connectivity index (χ2v) is 29.9. The van der Waals surface area contributed by atoms with Gasteiger partial charge in [0, 0.05) is 18.8 Å². The summed E-state index contributed by atoms with van der Waals surface area (Å²) >= 11 is 0. The molecule has 0 spiro atoms. The minimum absolute atomic E-state index is 0.0121. The predicted octanol–water partition coefficient (Wildman–Crippen LogP) is 21.5. The van der Waals surface area contributed by atoms with E-state index >= 15 is 0 Å².